The Morgan fingerprint density at radius 1 is 0.253 bits per heavy atom. The lowest BCUT2D eigenvalue weighted by atomic mass is 9.33. The van der Waals surface area contributed by atoms with Crippen LogP contribution in [0.1, 0.15) is 105 Å². The number of rotatable bonds is 7. The largest absolute Gasteiger partial charge is 0.311 e. The first-order valence-electron chi connectivity index (χ1n) is 33.7. The maximum absolute atomic E-state index is 5.81. The monoisotopic (exact) mass is 1230 g/mol. The number of hydrogen-bond donors (Lipinski definition) is 0. The molecule has 462 valence electrons. The highest BCUT2D eigenvalue weighted by atomic mass is 15.2. The summed E-state index contributed by atoms with van der Waals surface area (Å²) in [7, 11) is 0. The number of hydrogen-bond acceptors (Lipinski definition) is 5. The van der Waals surface area contributed by atoms with Crippen LogP contribution in [0.2, 0.25) is 0 Å². The molecule has 0 fully saturated rings. The SMILES string of the molecule is CC(C)(C)c1cc(-c2nc(-c3cc(C(C)(C)C)cc(C(C)(C)C)c3)nc(-c3cc4c5c(c3)N(c3ccc(-c6ccccc6)cc3)c3cc6c(ccc7ccccc76)cc3B5c3cc5ccc6ccccc6c5cc3N4c3ccc(-c4ccccc4)cc3)n2)cc(C(C)(C)C)c1. The number of benzene rings is 13. The fourth-order valence-corrected chi connectivity index (χ4v) is 14.6. The van der Waals surface area contributed by atoms with Crippen LogP contribution in [0.15, 0.2) is 255 Å². The van der Waals surface area contributed by atoms with Gasteiger partial charge in [0.2, 0.25) is 0 Å². The Morgan fingerprint density at radius 2 is 0.568 bits per heavy atom. The summed E-state index contributed by atoms with van der Waals surface area (Å²) in [6, 6.07) is 95.6. The van der Waals surface area contributed by atoms with Gasteiger partial charge in [0.15, 0.2) is 17.5 Å². The summed E-state index contributed by atoms with van der Waals surface area (Å²) in [5.74, 6) is 1.87. The molecule has 0 spiro atoms. The molecular formula is C89H78BN5. The molecule has 0 saturated carbocycles. The molecule has 16 rings (SSSR count). The van der Waals surface area contributed by atoms with E-state index in [1.807, 2.05) is 0 Å². The van der Waals surface area contributed by atoms with Gasteiger partial charge >= 0.3 is 0 Å². The van der Waals surface area contributed by atoms with Crippen LogP contribution in [0.4, 0.5) is 34.1 Å². The van der Waals surface area contributed by atoms with Crippen molar-refractivity contribution in [3.05, 3.63) is 277 Å². The maximum atomic E-state index is 5.81. The van der Waals surface area contributed by atoms with E-state index in [9.17, 15) is 0 Å². The molecule has 2 aliphatic heterocycles. The highest BCUT2D eigenvalue weighted by molar-refractivity contribution is 7.00. The quantitative estimate of drug-likeness (QED) is 0.118. The van der Waals surface area contributed by atoms with E-state index in [4.69, 9.17) is 15.0 Å². The minimum atomic E-state index is -0.193. The second-order valence-corrected chi connectivity index (χ2v) is 30.6. The topological polar surface area (TPSA) is 45.2 Å². The van der Waals surface area contributed by atoms with Gasteiger partial charge in [-0.1, -0.05) is 265 Å². The van der Waals surface area contributed by atoms with Crippen molar-refractivity contribution >= 4 is 100 Å². The zero-order valence-electron chi connectivity index (χ0n) is 56.6. The Balaban J connectivity index is 1.05. The lowest BCUT2D eigenvalue weighted by Crippen LogP contribution is -2.61. The summed E-state index contributed by atoms with van der Waals surface area (Å²) in [5, 5.41) is 9.69. The van der Waals surface area contributed by atoms with Gasteiger partial charge in [-0.2, -0.15) is 0 Å². The number of nitrogens with zero attached hydrogens (tertiary/aromatic N) is 5. The minimum absolute atomic E-state index is 0.150. The third kappa shape index (κ3) is 10.6. The molecule has 0 atom stereocenters. The zero-order chi connectivity index (χ0) is 65.4. The Hall–Kier alpha value is -10.4. The fraction of sp³-hybridized carbons (Fsp3) is 0.180. The summed E-state index contributed by atoms with van der Waals surface area (Å²) in [5.41, 5.74) is 22.0. The van der Waals surface area contributed by atoms with E-state index >= 15 is 0 Å². The molecule has 1 aromatic heterocycles. The molecule has 0 unspecified atom stereocenters. The fourth-order valence-electron chi connectivity index (χ4n) is 14.6. The van der Waals surface area contributed by atoms with Gasteiger partial charge in [-0.25, -0.2) is 15.0 Å². The van der Waals surface area contributed by atoms with Crippen LogP contribution in [0.5, 0.6) is 0 Å². The second kappa shape index (κ2) is 22.1. The van der Waals surface area contributed by atoms with E-state index in [2.05, 4.69) is 348 Å². The van der Waals surface area contributed by atoms with E-state index in [0.29, 0.717) is 17.5 Å². The smallest absolute Gasteiger partial charge is 0.252 e. The van der Waals surface area contributed by atoms with Gasteiger partial charge in [0.05, 0.1) is 0 Å². The van der Waals surface area contributed by atoms with Crippen LogP contribution in [0.25, 0.3) is 99.5 Å². The number of anilines is 6. The van der Waals surface area contributed by atoms with Crippen LogP contribution in [-0.2, 0) is 21.7 Å². The zero-order valence-corrected chi connectivity index (χ0v) is 56.6. The van der Waals surface area contributed by atoms with Crippen molar-refractivity contribution in [1.82, 2.24) is 15.0 Å². The molecule has 95 heavy (non-hydrogen) atoms. The second-order valence-electron chi connectivity index (χ2n) is 30.6. The molecule has 0 N–H and O–H groups in total. The molecule has 13 aromatic carbocycles. The third-order valence-electron chi connectivity index (χ3n) is 20.0. The van der Waals surface area contributed by atoms with Gasteiger partial charge in [-0.05, 0) is 198 Å². The van der Waals surface area contributed by atoms with Crippen LogP contribution >= 0.6 is 0 Å². The molecule has 5 nitrogen and oxygen atoms in total. The average Bonchev–Trinajstić information content (AvgIpc) is 0.690. The first-order chi connectivity index (χ1) is 45.6. The van der Waals surface area contributed by atoms with E-state index in [0.717, 1.165) is 61.9 Å². The Kier molecular flexibility index (Phi) is 13.9. The van der Waals surface area contributed by atoms with Gasteiger partial charge in [-0.15, -0.1) is 0 Å². The van der Waals surface area contributed by atoms with E-state index in [1.165, 1.54) is 92.9 Å². The molecule has 0 aliphatic carbocycles. The predicted molar refractivity (Wildman–Crippen MR) is 406 cm³/mol. The highest BCUT2D eigenvalue weighted by Crippen LogP contribution is 2.49. The van der Waals surface area contributed by atoms with Gasteiger partial charge in [0, 0.05) is 50.8 Å². The van der Waals surface area contributed by atoms with Crippen LogP contribution in [0.3, 0.4) is 0 Å². The molecular weight excluding hydrogens is 1150 g/mol. The van der Waals surface area contributed by atoms with Crippen LogP contribution < -0.4 is 26.2 Å². The minimum Gasteiger partial charge on any atom is -0.311 e. The summed E-state index contributed by atoms with van der Waals surface area (Å²) < 4.78 is 0. The predicted octanol–water partition coefficient (Wildman–Crippen LogP) is 22.1. The van der Waals surface area contributed by atoms with E-state index < -0.39 is 0 Å². The summed E-state index contributed by atoms with van der Waals surface area (Å²) in [4.78, 5) is 22.4. The normalized spacial score (nSPS) is 13.2. The van der Waals surface area contributed by atoms with Crippen molar-refractivity contribution < 1.29 is 0 Å². The lowest BCUT2D eigenvalue weighted by Gasteiger charge is -2.44. The Bertz CT molecular complexity index is 5000. The number of fused-ring (bicyclic) bond motifs is 10. The molecule has 2 aliphatic rings. The Labute approximate surface area is 560 Å². The van der Waals surface area contributed by atoms with Gasteiger partial charge in [0.1, 0.15) is 0 Å². The molecule has 0 amide bonds. The Morgan fingerprint density at radius 3 is 0.926 bits per heavy atom. The molecule has 14 aromatic rings. The van der Waals surface area contributed by atoms with Gasteiger partial charge < -0.3 is 9.80 Å². The summed E-state index contributed by atoms with van der Waals surface area (Å²) >= 11 is 0. The third-order valence-corrected chi connectivity index (χ3v) is 20.0. The molecule has 0 radical (unpaired) electrons. The average molecular weight is 1230 g/mol. The number of aromatic nitrogens is 3. The standard InChI is InChI=1S/C89H78BN5/c1-86(2,3)66-43-63(44-67(51-66)87(4,5)6)83-91-84(64-45-68(88(7,8)9)52-69(46-64)89(10,11)12)93-85(92-83)65-49-80-82-81(50-65)95(71-41-37-58(38-42-71)56-25-17-14-18-26-56)79-54-75-62(34-32-60-28-20-22-30-73(60)75)48-77(79)90(82)76-47-61-33-31-59-27-19-21-29-72(59)74(61)53-78(76)94(80)70-39-35-57(36-40-70)55-23-15-13-16-24-55/h13-54H,1-12H3. The van der Waals surface area contributed by atoms with E-state index in [-0.39, 0.29) is 28.4 Å². The lowest BCUT2D eigenvalue weighted by molar-refractivity contribution is 0.568. The molecule has 6 heteroatoms. The van der Waals surface area contributed by atoms with Crippen molar-refractivity contribution in [3.63, 3.8) is 0 Å². The molecule has 0 bridgehead atoms. The summed E-state index contributed by atoms with van der Waals surface area (Å²) in [6.45, 7) is 27.4. The van der Waals surface area contributed by atoms with Crippen molar-refractivity contribution in [2.45, 2.75) is 105 Å². The molecule has 3 heterocycles. The maximum Gasteiger partial charge on any atom is 0.252 e. The van der Waals surface area contributed by atoms with Crippen LogP contribution in [0, 0.1) is 0 Å². The van der Waals surface area contributed by atoms with Crippen molar-refractivity contribution in [2.24, 2.45) is 0 Å². The molecule has 0 saturated heterocycles. The van der Waals surface area contributed by atoms with Crippen molar-refractivity contribution in [3.8, 4) is 56.4 Å². The first kappa shape index (κ1) is 59.6. The van der Waals surface area contributed by atoms with Crippen LogP contribution in [-0.4, -0.2) is 21.7 Å². The van der Waals surface area contributed by atoms with Gasteiger partial charge in [0.25, 0.3) is 6.71 Å². The van der Waals surface area contributed by atoms with E-state index in [1.54, 1.807) is 0 Å². The first-order valence-corrected chi connectivity index (χ1v) is 33.7. The van der Waals surface area contributed by atoms with Crippen molar-refractivity contribution in [1.29, 1.82) is 0 Å². The van der Waals surface area contributed by atoms with Gasteiger partial charge in [-0.3, -0.25) is 0 Å². The van der Waals surface area contributed by atoms with Crippen molar-refractivity contribution in [2.75, 3.05) is 9.80 Å². The highest BCUT2D eigenvalue weighted by Gasteiger charge is 2.45. The summed E-state index contributed by atoms with van der Waals surface area (Å²) in [6.07, 6.45) is 0.